The van der Waals surface area contributed by atoms with Gasteiger partial charge in [0, 0.05) is 23.7 Å². The van der Waals surface area contributed by atoms with Crippen LogP contribution in [0.2, 0.25) is 0 Å². The number of hydrogen-bond acceptors (Lipinski definition) is 3. The average Bonchev–Trinajstić information content (AvgIpc) is 2.84. The van der Waals surface area contributed by atoms with Gasteiger partial charge >= 0.3 is 0 Å². The van der Waals surface area contributed by atoms with Crippen molar-refractivity contribution in [3.8, 4) is 0 Å². The van der Waals surface area contributed by atoms with E-state index in [9.17, 15) is 4.79 Å². The normalized spacial score (nSPS) is 24.1. The molecule has 0 bridgehead atoms. The zero-order valence-corrected chi connectivity index (χ0v) is 12.6. The van der Waals surface area contributed by atoms with Gasteiger partial charge in [0.2, 0.25) is 5.91 Å². The standard InChI is InChI=1S/C16H23N3O/c1-16(2,3)14-7-6-12(9-17-14)19-10-13-5-4-8-18(13)11-15(19)20/h6-7,9,13H,4-5,8,10-11H2,1-3H3. The molecule has 1 atom stereocenters. The number of fused-ring (bicyclic) bond motifs is 1. The zero-order valence-electron chi connectivity index (χ0n) is 12.6. The zero-order chi connectivity index (χ0) is 14.3. The molecular formula is C16H23N3O. The molecule has 108 valence electrons. The molecule has 2 aliphatic rings. The lowest BCUT2D eigenvalue weighted by molar-refractivity contribution is -0.121. The molecule has 0 radical (unpaired) electrons. The van der Waals surface area contributed by atoms with Crippen molar-refractivity contribution in [1.82, 2.24) is 9.88 Å². The van der Waals surface area contributed by atoms with Gasteiger partial charge in [0.15, 0.2) is 0 Å². The third-order valence-corrected chi connectivity index (χ3v) is 4.36. The number of pyridine rings is 1. The summed E-state index contributed by atoms with van der Waals surface area (Å²) in [5.41, 5.74) is 2.05. The minimum atomic E-state index is 0.0483. The molecule has 0 spiro atoms. The lowest BCUT2D eigenvalue weighted by Gasteiger charge is -2.37. The molecular weight excluding hydrogens is 250 g/mol. The molecule has 3 rings (SSSR count). The lowest BCUT2D eigenvalue weighted by Crippen LogP contribution is -2.53. The van der Waals surface area contributed by atoms with Crippen molar-refractivity contribution >= 4 is 11.6 Å². The van der Waals surface area contributed by atoms with Gasteiger partial charge in [-0.1, -0.05) is 20.8 Å². The molecule has 2 saturated heterocycles. The van der Waals surface area contributed by atoms with Crippen LogP contribution >= 0.6 is 0 Å². The van der Waals surface area contributed by atoms with Crippen LogP contribution in [0.25, 0.3) is 0 Å². The summed E-state index contributed by atoms with van der Waals surface area (Å²) >= 11 is 0. The molecule has 1 aromatic rings. The highest BCUT2D eigenvalue weighted by Crippen LogP contribution is 2.27. The smallest absolute Gasteiger partial charge is 0.241 e. The van der Waals surface area contributed by atoms with Gasteiger partial charge in [-0.05, 0) is 31.5 Å². The maximum absolute atomic E-state index is 12.3. The molecule has 1 unspecified atom stereocenters. The summed E-state index contributed by atoms with van der Waals surface area (Å²) in [6.07, 6.45) is 4.27. The molecule has 20 heavy (non-hydrogen) atoms. The van der Waals surface area contributed by atoms with Gasteiger partial charge in [-0.2, -0.15) is 0 Å². The number of nitrogens with zero attached hydrogens (tertiary/aromatic N) is 3. The highest BCUT2D eigenvalue weighted by molar-refractivity contribution is 5.95. The Kier molecular flexibility index (Phi) is 3.28. The third-order valence-electron chi connectivity index (χ3n) is 4.36. The maximum Gasteiger partial charge on any atom is 0.241 e. The summed E-state index contributed by atoms with van der Waals surface area (Å²) in [5, 5.41) is 0. The molecule has 2 fully saturated rings. The number of carbonyl (C=O) groups excluding carboxylic acids is 1. The molecule has 2 aliphatic heterocycles. The number of anilines is 1. The summed E-state index contributed by atoms with van der Waals surface area (Å²) in [7, 11) is 0. The van der Waals surface area contributed by atoms with Crippen LogP contribution in [0.15, 0.2) is 18.3 Å². The van der Waals surface area contributed by atoms with E-state index in [4.69, 9.17) is 0 Å². The van der Waals surface area contributed by atoms with E-state index in [1.54, 1.807) is 0 Å². The molecule has 1 amide bonds. The second-order valence-corrected chi connectivity index (χ2v) is 6.92. The van der Waals surface area contributed by atoms with Crippen LogP contribution < -0.4 is 4.90 Å². The van der Waals surface area contributed by atoms with Crippen molar-refractivity contribution in [2.75, 3.05) is 24.5 Å². The Bertz CT molecular complexity index is 503. The predicted molar refractivity (Wildman–Crippen MR) is 79.9 cm³/mol. The molecule has 1 aromatic heterocycles. The Morgan fingerprint density at radius 3 is 2.75 bits per heavy atom. The Balaban J connectivity index is 1.80. The summed E-state index contributed by atoms with van der Waals surface area (Å²) in [5.74, 6) is 0.202. The fraction of sp³-hybridized carbons (Fsp3) is 0.625. The summed E-state index contributed by atoms with van der Waals surface area (Å²) in [6, 6.07) is 4.62. The minimum Gasteiger partial charge on any atom is -0.308 e. The van der Waals surface area contributed by atoms with Crippen LogP contribution in [-0.4, -0.2) is 41.5 Å². The first-order valence-corrected chi connectivity index (χ1v) is 7.46. The number of piperazine rings is 1. The van der Waals surface area contributed by atoms with Crippen molar-refractivity contribution in [2.45, 2.75) is 45.1 Å². The van der Waals surface area contributed by atoms with Crippen molar-refractivity contribution in [1.29, 1.82) is 0 Å². The van der Waals surface area contributed by atoms with Crippen molar-refractivity contribution in [3.63, 3.8) is 0 Å². The van der Waals surface area contributed by atoms with Crippen LogP contribution in [-0.2, 0) is 10.2 Å². The summed E-state index contributed by atoms with van der Waals surface area (Å²) in [4.78, 5) is 21.0. The second-order valence-electron chi connectivity index (χ2n) is 6.92. The van der Waals surface area contributed by atoms with E-state index in [1.807, 2.05) is 23.2 Å². The van der Waals surface area contributed by atoms with Gasteiger partial charge in [0.05, 0.1) is 18.4 Å². The number of carbonyl (C=O) groups is 1. The Morgan fingerprint density at radius 2 is 2.10 bits per heavy atom. The highest BCUT2D eigenvalue weighted by Gasteiger charge is 2.35. The number of hydrogen-bond donors (Lipinski definition) is 0. The van der Waals surface area contributed by atoms with E-state index >= 15 is 0 Å². The van der Waals surface area contributed by atoms with E-state index in [0.29, 0.717) is 12.6 Å². The van der Waals surface area contributed by atoms with Crippen molar-refractivity contribution in [3.05, 3.63) is 24.0 Å². The molecule has 4 nitrogen and oxygen atoms in total. The first kappa shape index (κ1) is 13.6. The minimum absolute atomic E-state index is 0.0483. The van der Waals surface area contributed by atoms with E-state index in [-0.39, 0.29) is 11.3 Å². The van der Waals surface area contributed by atoms with Crippen LogP contribution in [0.1, 0.15) is 39.3 Å². The number of rotatable bonds is 1. The SMILES string of the molecule is CC(C)(C)c1ccc(N2CC3CCCN3CC2=O)cn1. The van der Waals surface area contributed by atoms with Crippen molar-refractivity contribution in [2.24, 2.45) is 0 Å². The van der Waals surface area contributed by atoms with Gasteiger partial charge in [0.25, 0.3) is 0 Å². The van der Waals surface area contributed by atoms with Crippen LogP contribution in [0.3, 0.4) is 0 Å². The van der Waals surface area contributed by atoms with E-state index in [2.05, 4.69) is 30.7 Å². The number of amides is 1. The van der Waals surface area contributed by atoms with Gasteiger partial charge < -0.3 is 4.90 Å². The molecule has 0 saturated carbocycles. The largest absolute Gasteiger partial charge is 0.308 e. The van der Waals surface area contributed by atoms with Gasteiger partial charge in [0.1, 0.15) is 0 Å². The highest BCUT2D eigenvalue weighted by atomic mass is 16.2. The quantitative estimate of drug-likeness (QED) is 0.787. The first-order chi connectivity index (χ1) is 9.45. The Hall–Kier alpha value is -1.42. The third kappa shape index (κ3) is 2.44. The second kappa shape index (κ2) is 4.85. The summed E-state index contributed by atoms with van der Waals surface area (Å²) < 4.78 is 0. The predicted octanol–water partition coefficient (Wildman–Crippen LogP) is 2.19. The molecule has 0 aromatic carbocycles. The first-order valence-electron chi connectivity index (χ1n) is 7.46. The van der Waals surface area contributed by atoms with Gasteiger partial charge in [-0.25, -0.2) is 0 Å². The fourth-order valence-corrected chi connectivity index (χ4v) is 3.12. The number of aromatic nitrogens is 1. The lowest BCUT2D eigenvalue weighted by atomic mass is 9.92. The Labute approximate surface area is 120 Å². The van der Waals surface area contributed by atoms with Crippen LogP contribution in [0.5, 0.6) is 0 Å². The van der Waals surface area contributed by atoms with Crippen molar-refractivity contribution < 1.29 is 4.79 Å². The van der Waals surface area contributed by atoms with E-state index in [0.717, 1.165) is 24.5 Å². The van der Waals surface area contributed by atoms with Gasteiger partial charge in [-0.15, -0.1) is 0 Å². The Morgan fingerprint density at radius 1 is 1.30 bits per heavy atom. The molecule has 4 heteroatoms. The summed E-state index contributed by atoms with van der Waals surface area (Å²) in [6.45, 7) is 8.90. The van der Waals surface area contributed by atoms with E-state index < -0.39 is 0 Å². The van der Waals surface area contributed by atoms with Gasteiger partial charge in [-0.3, -0.25) is 14.7 Å². The monoisotopic (exact) mass is 273 g/mol. The average molecular weight is 273 g/mol. The molecule has 3 heterocycles. The topological polar surface area (TPSA) is 36.4 Å². The molecule has 0 N–H and O–H groups in total. The fourth-order valence-electron chi connectivity index (χ4n) is 3.12. The van der Waals surface area contributed by atoms with E-state index in [1.165, 1.54) is 12.8 Å². The maximum atomic E-state index is 12.3. The van der Waals surface area contributed by atoms with Crippen LogP contribution in [0, 0.1) is 0 Å². The van der Waals surface area contributed by atoms with Crippen LogP contribution in [0.4, 0.5) is 5.69 Å². The molecule has 0 aliphatic carbocycles.